The summed E-state index contributed by atoms with van der Waals surface area (Å²) in [7, 11) is 0. The van der Waals surface area contributed by atoms with Crippen LogP contribution in [0.4, 0.5) is 13.2 Å². The fourth-order valence-electron chi connectivity index (χ4n) is 1.78. The summed E-state index contributed by atoms with van der Waals surface area (Å²) >= 11 is 0. The first-order valence-electron chi connectivity index (χ1n) is 5.16. The predicted molar refractivity (Wildman–Crippen MR) is 52.5 cm³/mol. The summed E-state index contributed by atoms with van der Waals surface area (Å²) in [5.74, 6) is -0.423. The molecule has 1 fully saturated rings. The highest BCUT2D eigenvalue weighted by Gasteiger charge is 2.32. The molecule has 0 atom stereocenters. The summed E-state index contributed by atoms with van der Waals surface area (Å²) in [4.78, 5) is 13.7. The molecule has 0 aromatic rings. The molecule has 0 aliphatic carbocycles. The molecule has 0 unspecified atom stereocenters. The Hall–Kier alpha value is -0.820. The Kier molecular flexibility index (Phi) is 4.55. The fraction of sp³-hybridized carbons (Fsp3) is 0.889. The van der Waals surface area contributed by atoms with Gasteiger partial charge in [0.25, 0.3) is 0 Å². The number of primary amides is 1. The molecule has 0 saturated carbocycles. The van der Waals surface area contributed by atoms with Gasteiger partial charge in [0.2, 0.25) is 5.91 Å². The van der Waals surface area contributed by atoms with Crippen LogP contribution in [0, 0.1) is 0 Å². The van der Waals surface area contributed by atoms with E-state index in [1.807, 2.05) is 4.90 Å². The summed E-state index contributed by atoms with van der Waals surface area (Å²) in [5.41, 5.74) is 4.99. The van der Waals surface area contributed by atoms with Crippen LogP contribution in [0.25, 0.3) is 0 Å². The topological polar surface area (TPSA) is 49.6 Å². The second kappa shape index (κ2) is 5.49. The van der Waals surface area contributed by atoms with Crippen LogP contribution in [0.15, 0.2) is 0 Å². The van der Waals surface area contributed by atoms with Crippen LogP contribution < -0.4 is 5.73 Å². The van der Waals surface area contributed by atoms with E-state index >= 15 is 0 Å². The molecule has 1 amide bonds. The van der Waals surface area contributed by atoms with E-state index in [1.54, 1.807) is 0 Å². The lowest BCUT2D eigenvalue weighted by Gasteiger charge is -2.35. The average molecular weight is 239 g/mol. The van der Waals surface area contributed by atoms with Crippen LogP contribution in [0.5, 0.6) is 0 Å². The zero-order chi connectivity index (χ0) is 12.2. The van der Waals surface area contributed by atoms with E-state index < -0.39 is 18.6 Å². The highest BCUT2D eigenvalue weighted by atomic mass is 19.4. The van der Waals surface area contributed by atoms with Gasteiger partial charge in [-0.25, -0.2) is 0 Å². The molecule has 0 aromatic heterocycles. The van der Waals surface area contributed by atoms with E-state index in [9.17, 15) is 18.0 Å². The smallest absolute Gasteiger partial charge is 0.370 e. The highest BCUT2D eigenvalue weighted by Crippen LogP contribution is 2.18. The average Bonchev–Trinajstić information content (AvgIpc) is 2.12. The van der Waals surface area contributed by atoms with Gasteiger partial charge in [-0.1, -0.05) is 0 Å². The van der Waals surface area contributed by atoms with Gasteiger partial charge in [0.15, 0.2) is 0 Å². The van der Waals surface area contributed by atoms with Gasteiger partial charge in [-0.2, -0.15) is 13.2 Å². The molecule has 1 saturated heterocycles. The number of hydrogen-bond acceptors (Lipinski definition) is 3. The summed E-state index contributed by atoms with van der Waals surface area (Å²) in [6, 6.07) is 0. The van der Waals surface area contributed by atoms with Crippen LogP contribution in [-0.4, -0.2) is 54.7 Å². The molecular weight excluding hydrogens is 223 g/mol. The molecule has 0 spiro atoms. The standard InChI is InChI=1S/C9H16F3N3O/c10-9(11,12)6-15-4-1-3-14(7-15)5-2-8(13)16/h1-7H2,(H2,13,16). The SMILES string of the molecule is NC(=O)CCN1CCCN(CC(F)(F)F)C1. The van der Waals surface area contributed by atoms with Gasteiger partial charge in [0.05, 0.1) is 13.2 Å². The maximum Gasteiger partial charge on any atom is 0.401 e. The Morgan fingerprint density at radius 3 is 2.44 bits per heavy atom. The number of carbonyl (C=O) groups is 1. The van der Waals surface area contributed by atoms with E-state index in [-0.39, 0.29) is 13.1 Å². The molecule has 1 rings (SSSR count). The second-order valence-electron chi connectivity index (χ2n) is 4.00. The molecular formula is C9H16F3N3O. The molecule has 0 bridgehead atoms. The zero-order valence-electron chi connectivity index (χ0n) is 8.96. The molecule has 7 heteroatoms. The molecule has 0 aromatic carbocycles. The molecule has 16 heavy (non-hydrogen) atoms. The number of alkyl halides is 3. The first-order valence-corrected chi connectivity index (χ1v) is 5.16. The van der Waals surface area contributed by atoms with Crippen LogP contribution in [0.2, 0.25) is 0 Å². The monoisotopic (exact) mass is 239 g/mol. The zero-order valence-corrected chi connectivity index (χ0v) is 8.96. The quantitative estimate of drug-likeness (QED) is 0.772. The maximum atomic E-state index is 12.1. The number of rotatable bonds is 4. The first-order chi connectivity index (χ1) is 7.37. The minimum Gasteiger partial charge on any atom is -0.370 e. The molecule has 0 radical (unpaired) electrons. The normalized spacial score (nSPS) is 19.9. The molecule has 1 aliphatic heterocycles. The number of amides is 1. The van der Waals surface area contributed by atoms with Gasteiger partial charge in [-0.3, -0.25) is 14.6 Å². The Morgan fingerprint density at radius 1 is 1.25 bits per heavy atom. The van der Waals surface area contributed by atoms with Gasteiger partial charge in [-0.05, 0) is 6.42 Å². The number of nitrogens with zero attached hydrogens (tertiary/aromatic N) is 2. The van der Waals surface area contributed by atoms with Crippen molar-refractivity contribution in [2.45, 2.75) is 19.0 Å². The number of hydrogen-bond donors (Lipinski definition) is 1. The number of halogens is 3. The summed E-state index contributed by atoms with van der Waals surface area (Å²) in [6.07, 6.45) is -3.28. The minimum atomic E-state index is -4.16. The molecule has 2 N–H and O–H groups in total. The summed E-state index contributed by atoms with van der Waals surface area (Å²) in [6.45, 7) is 0.977. The van der Waals surface area contributed by atoms with Crippen LogP contribution >= 0.6 is 0 Å². The lowest BCUT2D eigenvalue weighted by molar-refractivity contribution is -0.154. The van der Waals surface area contributed by atoms with Crippen LogP contribution in [0.3, 0.4) is 0 Å². The van der Waals surface area contributed by atoms with Crippen molar-refractivity contribution in [2.75, 3.05) is 32.8 Å². The number of nitrogens with two attached hydrogens (primary N) is 1. The lowest BCUT2D eigenvalue weighted by atomic mass is 10.2. The van der Waals surface area contributed by atoms with Crippen molar-refractivity contribution in [1.29, 1.82) is 0 Å². The van der Waals surface area contributed by atoms with Crippen LogP contribution in [0.1, 0.15) is 12.8 Å². The summed E-state index contributed by atoms with van der Waals surface area (Å²) in [5, 5.41) is 0. The third-order valence-corrected chi connectivity index (χ3v) is 2.43. The van der Waals surface area contributed by atoms with Crippen molar-refractivity contribution in [3.8, 4) is 0 Å². The van der Waals surface area contributed by atoms with Crippen molar-refractivity contribution in [1.82, 2.24) is 9.80 Å². The molecule has 1 aliphatic rings. The van der Waals surface area contributed by atoms with Gasteiger partial charge in [0, 0.05) is 26.1 Å². The van der Waals surface area contributed by atoms with Crippen LogP contribution in [-0.2, 0) is 4.79 Å². The van der Waals surface area contributed by atoms with Gasteiger partial charge >= 0.3 is 6.18 Å². The second-order valence-corrected chi connectivity index (χ2v) is 4.00. The maximum absolute atomic E-state index is 12.1. The van der Waals surface area contributed by atoms with Gasteiger partial charge in [-0.15, -0.1) is 0 Å². The van der Waals surface area contributed by atoms with E-state index in [2.05, 4.69) is 0 Å². The Labute approximate surface area is 92.2 Å². The van der Waals surface area contributed by atoms with Crippen molar-refractivity contribution in [2.24, 2.45) is 5.73 Å². The van der Waals surface area contributed by atoms with Crippen molar-refractivity contribution < 1.29 is 18.0 Å². The van der Waals surface area contributed by atoms with E-state index in [0.717, 1.165) is 6.54 Å². The van der Waals surface area contributed by atoms with E-state index in [1.165, 1.54) is 4.90 Å². The first kappa shape index (κ1) is 13.2. The minimum absolute atomic E-state index is 0.194. The Bertz CT molecular complexity index is 245. The lowest BCUT2D eigenvalue weighted by Crippen LogP contribution is -2.48. The van der Waals surface area contributed by atoms with Gasteiger partial charge < -0.3 is 5.73 Å². The molecule has 1 heterocycles. The third-order valence-electron chi connectivity index (χ3n) is 2.43. The Morgan fingerprint density at radius 2 is 1.88 bits per heavy atom. The fourth-order valence-corrected chi connectivity index (χ4v) is 1.78. The largest absolute Gasteiger partial charge is 0.401 e. The number of carbonyl (C=O) groups excluding carboxylic acids is 1. The van der Waals surface area contributed by atoms with Gasteiger partial charge in [0.1, 0.15) is 0 Å². The highest BCUT2D eigenvalue weighted by molar-refractivity contribution is 5.73. The molecule has 94 valence electrons. The third kappa shape index (κ3) is 5.32. The predicted octanol–water partition coefficient (Wildman–Crippen LogP) is 0.389. The van der Waals surface area contributed by atoms with Crippen molar-refractivity contribution in [3.05, 3.63) is 0 Å². The Balaban J connectivity index is 2.32. The van der Waals surface area contributed by atoms with E-state index in [4.69, 9.17) is 5.73 Å². The van der Waals surface area contributed by atoms with Crippen molar-refractivity contribution >= 4 is 5.91 Å². The van der Waals surface area contributed by atoms with E-state index in [0.29, 0.717) is 19.5 Å². The molecule has 4 nitrogen and oxygen atoms in total. The summed E-state index contributed by atoms with van der Waals surface area (Å²) < 4.78 is 36.4. The van der Waals surface area contributed by atoms with Crippen molar-refractivity contribution in [3.63, 3.8) is 0 Å².